The maximum atomic E-state index is 9.21. The van der Waals surface area contributed by atoms with Crippen LogP contribution >= 0.6 is 11.6 Å². The fourth-order valence-electron chi connectivity index (χ4n) is 1.96. The van der Waals surface area contributed by atoms with Crippen LogP contribution in [0.5, 0.6) is 0 Å². The second kappa shape index (κ2) is 5.27. The van der Waals surface area contributed by atoms with Crippen molar-refractivity contribution < 1.29 is 0 Å². The summed E-state index contributed by atoms with van der Waals surface area (Å²) in [4.78, 5) is 4.26. The molecule has 1 heterocycles. The van der Waals surface area contributed by atoms with Crippen molar-refractivity contribution in [2.75, 3.05) is 5.73 Å². The average molecular weight is 296 g/mol. The molecular formula is C15H10ClN5. The number of nitriles is 1. The van der Waals surface area contributed by atoms with Crippen LogP contribution in [0.25, 0.3) is 17.1 Å². The predicted molar refractivity (Wildman–Crippen MR) is 80.9 cm³/mol. The third-order valence-electron chi connectivity index (χ3n) is 3.01. The maximum Gasteiger partial charge on any atom is 0.181 e. The van der Waals surface area contributed by atoms with Gasteiger partial charge in [-0.15, -0.1) is 5.10 Å². The number of nitrogens with two attached hydrogens (primary N) is 1. The van der Waals surface area contributed by atoms with Gasteiger partial charge in [0.15, 0.2) is 5.82 Å². The van der Waals surface area contributed by atoms with Crippen molar-refractivity contribution in [3.8, 4) is 23.1 Å². The van der Waals surface area contributed by atoms with Crippen molar-refractivity contribution in [1.82, 2.24) is 14.8 Å². The number of aromatic nitrogens is 3. The summed E-state index contributed by atoms with van der Waals surface area (Å²) in [6.07, 6.45) is 1.55. The summed E-state index contributed by atoms with van der Waals surface area (Å²) in [7, 11) is 0. The third-order valence-corrected chi connectivity index (χ3v) is 3.33. The molecule has 0 saturated carbocycles. The first kappa shape index (κ1) is 13.2. The van der Waals surface area contributed by atoms with E-state index in [1.54, 1.807) is 36.7 Å². The van der Waals surface area contributed by atoms with Gasteiger partial charge in [-0.2, -0.15) is 5.26 Å². The third kappa shape index (κ3) is 2.45. The molecule has 5 nitrogen and oxygen atoms in total. The molecule has 0 fully saturated rings. The molecule has 6 heteroatoms. The van der Waals surface area contributed by atoms with Crippen LogP contribution in [0, 0.1) is 11.3 Å². The van der Waals surface area contributed by atoms with Crippen LogP contribution in [0.2, 0.25) is 5.02 Å². The average Bonchev–Trinajstić information content (AvgIpc) is 2.97. The number of nitrogen functional groups attached to an aromatic ring is 1. The highest BCUT2D eigenvalue weighted by atomic mass is 35.5. The smallest absolute Gasteiger partial charge is 0.181 e. The van der Waals surface area contributed by atoms with Crippen molar-refractivity contribution in [3.63, 3.8) is 0 Å². The van der Waals surface area contributed by atoms with Crippen LogP contribution in [0.1, 0.15) is 5.56 Å². The van der Waals surface area contributed by atoms with E-state index >= 15 is 0 Å². The van der Waals surface area contributed by atoms with Gasteiger partial charge in [-0.05, 0) is 36.4 Å². The van der Waals surface area contributed by atoms with E-state index in [4.69, 9.17) is 17.3 Å². The van der Waals surface area contributed by atoms with E-state index in [-0.39, 0.29) is 0 Å². The molecule has 0 atom stereocenters. The van der Waals surface area contributed by atoms with Crippen LogP contribution < -0.4 is 5.73 Å². The Morgan fingerprint density at radius 2 is 1.90 bits per heavy atom. The maximum absolute atomic E-state index is 9.21. The minimum atomic E-state index is 0.368. The number of hydrogen-bond donors (Lipinski definition) is 1. The molecule has 3 rings (SSSR count). The summed E-state index contributed by atoms with van der Waals surface area (Å²) in [5.74, 6) is 0.555. The number of halogens is 1. The van der Waals surface area contributed by atoms with E-state index in [1.165, 1.54) is 4.68 Å². The Morgan fingerprint density at radius 3 is 2.62 bits per heavy atom. The van der Waals surface area contributed by atoms with Gasteiger partial charge in [0, 0.05) is 11.3 Å². The molecule has 0 saturated heterocycles. The Kier molecular flexibility index (Phi) is 3.30. The number of hydrogen-bond acceptors (Lipinski definition) is 4. The van der Waals surface area contributed by atoms with E-state index < -0.39 is 0 Å². The quantitative estimate of drug-likeness (QED) is 0.737. The van der Waals surface area contributed by atoms with Crippen molar-refractivity contribution in [3.05, 3.63) is 59.4 Å². The van der Waals surface area contributed by atoms with Gasteiger partial charge in [-0.1, -0.05) is 17.7 Å². The molecule has 0 bridgehead atoms. The van der Waals surface area contributed by atoms with E-state index in [1.807, 2.05) is 12.1 Å². The molecule has 0 aliphatic heterocycles. The molecule has 0 aliphatic rings. The van der Waals surface area contributed by atoms with Gasteiger partial charge < -0.3 is 5.73 Å². The van der Waals surface area contributed by atoms with Crippen LogP contribution in [0.15, 0.2) is 48.8 Å². The minimum absolute atomic E-state index is 0.368. The zero-order chi connectivity index (χ0) is 14.8. The van der Waals surface area contributed by atoms with Gasteiger partial charge >= 0.3 is 0 Å². The van der Waals surface area contributed by atoms with Crippen molar-refractivity contribution in [1.29, 1.82) is 5.26 Å². The molecule has 102 valence electrons. The minimum Gasteiger partial charge on any atom is -0.399 e. The molecule has 21 heavy (non-hydrogen) atoms. The van der Waals surface area contributed by atoms with Gasteiger partial charge in [0.25, 0.3) is 0 Å². The first-order valence-electron chi connectivity index (χ1n) is 6.15. The molecule has 0 spiro atoms. The van der Waals surface area contributed by atoms with Gasteiger partial charge in [-0.25, -0.2) is 9.67 Å². The number of anilines is 1. The largest absolute Gasteiger partial charge is 0.399 e. The molecular weight excluding hydrogens is 286 g/mol. The number of nitrogens with zero attached hydrogens (tertiary/aromatic N) is 4. The Labute approximate surface area is 126 Å². The highest BCUT2D eigenvalue weighted by Crippen LogP contribution is 2.23. The lowest BCUT2D eigenvalue weighted by Crippen LogP contribution is -1.98. The predicted octanol–water partition coefficient (Wildman–Crippen LogP) is 3.04. The van der Waals surface area contributed by atoms with Crippen LogP contribution in [-0.4, -0.2) is 14.8 Å². The van der Waals surface area contributed by atoms with Gasteiger partial charge in [0.2, 0.25) is 0 Å². The van der Waals surface area contributed by atoms with Crippen molar-refractivity contribution in [2.24, 2.45) is 0 Å². The molecule has 1 aromatic heterocycles. The fourth-order valence-corrected chi connectivity index (χ4v) is 2.17. The highest BCUT2D eigenvalue weighted by molar-refractivity contribution is 6.32. The normalized spacial score (nSPS) is 10.3. The molecule has 0 aliphatic carbocycles. The summed E-state index contributed by atoms with van der Waals surface area (Å²) in [5.41, 5.74) is 8.15. The number of rotatable bonds is 2. The molecule has 0 unspecified atom stereocenters. The van der Waals surface area contributed by atoms with E-state index in [9.17, 15) is 5.26 Å². The first-order valence-corrected chi connectivity index (χ1v) is 6.53. The summed E-state index contributed by atoms with van der Waals surface area (Å²) in [6, 6.07) is 14.6. The van der Waals surface area contributed by atoms with Crippen LogP contribution in [-0.2, 0) is 0 Å². The van der Waals surface area contributed by atoms with E-state index in [2.05, 4.69) is 16.2 Å². The molecule has 2 N–H and O–H groups in total. The van der Waals surface area contributed by atoms with Gasteiger partial charge in [0.05, 0.1) is 16.3 Å². The second-order valence-electron chi connectivity index (χ2n) is 4.38. The zero-order valence-electron chi connectivity index (χ0n) is 10.9. The summed E-state index contributed by atoms with van der Waals surface area (Å²) in [6.45, 7) is 0. The highest BCUT2D eigenvalue weighted by Gasteiger charge is 2.11. The lowest BCUT2D eigenvalue weighted by molar-refractivity contribution is 0.879. The zero-order valence-corrected chi connectivity index (χ0v) is 11.6. The number of benzene rings is 2. The van der Waals surface area contributed by atoms with E-state index in [0.717, 1.165) is 5.56 Å². The Bertz CT molecular complexity index is 830. The Hall–Kier alpha value is -2.84. The Balaban J connectivity index is 2.05. The summed E-state index contributed by atoms with van der Waals surface area (Å²) >= 11 is 6.02. The van der Waals surface area contributed by atoms with Crippen LogP contribution in [0.4, 0.5) is 5.69 Å². The second-order valence-corrected chi connectivity index (χ2v) is 4.79. The SMILES string of the molecule is N#Cc1c(Cl)cccc1-n1cnc(-c2ccc(N)cc2)n1. The fraction of sp³-hybridized carbons (Fsp3) is 0. The topological polar surface area (TPSA) is 80.5 Å². The van der Waals surface area contributed by atoms with Gasteiger partial charge in [0.1, 0.15) is 12.4 Å². The molecule has 0 radical (unpaired) electrons. The summed E-state index contributed by atoms with van der Waals surface area (Å²) in [5, 5.41) is 14.0. The Morgan fingerprint density at radius 1 is 1.14 bits per heavy atom. The monoisotopic (exact) mass is 295 g/mol. The van der Waals surface area contributed by atoms with Crippen LogP contribution in [0.3, 0.4) is 0 Å². The summed E-state index contributed by atoms with van der Waals surface area (Å²) < 4.78 is 1.54. The lowest BCUT2D eigenvalue weighted by atomic mass is 10.2. The lowest BCUT2D eigenvalue weighted by Gasteiger charge is -2.04. The van der Waals surface area contributed by atoms with Crippen molar-refractivity contribution in [2.45, 2.75) is 0 Å². The van der Waals surface area contributed by atoms with Crippen molar-refractivity contribution >= 4 is 17.3 Å². The molecule has 0 amide bonds. The molecule has 3 aromatic rings. The first-order chi connectivity index (χ1) is 10.2. The van der Waals surface area contributed by atoms with Gasteiger partial charge in [-0.3, -0.25) is 0 Å². The standard InChI is InChI=1S/C15H10ClN5/c16-13-2-1-3-14(12(13)8-17)21-9-19-15(20-21)10-4-6-11(18)7-5-10/h1-7,9H,18H2. The van der Waals surface area contributed by atoms with E-state index in [0.29, 0.717) is 27.8 Å². The molecule has 2 aromatic carbocycles.